The van der Waals surface area contributed by atoms with Gasteiger partial charge in [0.15, 0.2) is 0 Å². The quantitative estimate of drug-likeness (QED) is 0.852. The van der Waals surface area contributed by atoms with E-state index < -0.39 is 17.6 Å². The monoisotopic (exact) mass is 295 g/mol. The van der Waals surface area contributed by atoms with E-state index in [-0.39, 0.29) is 6.04 Å². The summed E-state index contributed by atoms with van der Waals surface area (Å²) in [6.45, 7) is 6.98. The first-order valence-electron chi connectivity index (χ1n) is 7.19. The Kier molecular flexibility index (Phi) is 4.65. The number of pyridine rings is 1. The van der Waals surface area contributed by atoms with Gasteiger partial charge < -0.3 is 15.0 Å². The molecule has 2 rings (SSSR count). The van der Waals surface area contributed by atoms with E-state index in [1.54, 1.807) is 6.07 Å². The first-order chi connectivity index (χ1) is 9.83. The number of hydrogen-bond acceptors (Lipinski definition) is 4. The van der Waals surface area contributed by atoms with Crippen LogP contribution in [-0.2, 0) is 4.74 Å². The van der Waals surface area contributed by atoms with Crippen LogP contribution in [-0.4, -0.2) is 35.8 Å². The number of carbonyl (C=O) groups is 1. The molecular weight excluding hydrogens is 273 g/mol. The lowest BCUT2D eigenvalue weighted by Gasteiger charge is -2.35. The molecule has 0 bridgehead atoms. The molecule has 0 radical (unpaired) electrons. The van der Waals surface area contributed by atoms with Crippen LogP contribution in [0, 0.1) is 5.95 Å². The first-order valence-corrected chi connectivity index (χ1v) is 7.19. The van der Waals surface area contributed by atoms with Crippen molar-refractivity contribution in [1.29, 1.82) is 0 Å². The second-order valence-electron chi connectivity index (χ2n) is 6.27. The second kappa shape index (κ2) is 6.28. The maximum atomic E-state index is 13.2. The molecule has 1 unspecified atom stereocenters. The van der Waals surface area contributed by atoms with Gasteiger partial charge in [0.2, 0.25) is 5.95 Å². The number of amides is 1. The van der Waals surface area contributed by atoms with E-state index in [4.69, 9.17) is 4.74 Å². The third kappa shape index (κ3) is 4.88. The number of halogens is 1. The number of anilines is 1. The molecule has 1 N–H and O–H groups in total. The van der Waals surface area contributed by atoms with Gasteiger partial charge in [-0.25, -0.2) is 9.78 Å². The Bertz CT molecular complexity index is 502. The largest absolute Gasteiger partial charge is 0.444 e. The highest BCUT2D eigenvalue weighted by molar-refractivity contribution is 5.68. The van der Waals surface area contributed by atoms with Gasteiger partial charge >= 0.3 is 6.09 Å². The molecule has 1 atom stereocenters. The number of nitrogens with zero attached hydrogens (tertiary/aromatic N) is 2. The van der Waals surface area contributed by atoms with E-state index in [1.807, 2.05) is 20.8 Å². The molecule has 6 heteroatoms. The normalized spacial score (nSPS) is 19.2. The predicted molar refractivity (Wildman–Crippen MR) is 78.8 cm³/mol. The molecule has 0 spiro atoms. The summed E-state index contributed by atoms with van der Waals surface area (Å²) in [5, 5.41) is 2.88. The summed E-state index contributed by atoms with van der Waals surface area (Å²) >= 11 is 0. The van der Waals surface area contributed by atoms with Crippen LogP contribution < -0.4 is 10.2 Å². The van der Waals surface area contributed by atoms with Crippen molar-refractivity contribution in [3.8, 4) is 0 Å². The minimum Gasteiger partial charge on any atom is -0.444 e. The molecule has 0 saturated carbocycles. The summed E-state index contributed by atoms with van der Waals surface area (Å²) in [6, 6.07) is 3.19. The molecule has 1 aliphatic rings. The Balaban J connectivity index is 1.93. The van der Waals surface area contributed by atoms with Crippen LogP contribution in [0.4, 0.5) is 14.9 Å². The van der Waals surface area contributed by atoms with Crippen LogP contribution in [0.15, 0.2) is 18.3 Å². The number of carbonyl (C=O) groups excluding carboxylic acids is 1. The highest BCUT2D eigenvalue weighted by Crippen LogP contribution is 2.20. The Morgan fingerprint density at radius 2 is 2.29 bits per heavy atom. The maximum absolute atomic E-state index is 13.2. The van der Waals surface area contributed by atoms with E-state index in [0.29, 0.717) is 6.54 Å². The number of rotatable bonds is 2. The van der Waals surface area contributed by atoms with E-state index in [9.17, 15) is 9.18 Å². The lowest BCUT2D eigenvalue weighted by molar-refractivity contribution is 0.0500. The van der Waals surface area contributed by atoms with Crippen molar-refractivity contribution in [3.05, 3.63) is 24.3 Å². The minimum atomic E-state index is -0.507. The molecule has 1 saturated heterocycles. The van der Waals surface area contributed by atoms with Crippen molar-refractivity contribution < 1.29 is 13.9 Å². The molecule has 1 aromatic rings. The molecule has 1 fully saturated rings. The standard InChI is InChI=1S/C15H22FN3O2/c1-15(2,3)21-14(20)18-11-5-4-8-19(10-11)12-6-7-17-13(16)9-12/h6-7,9,11H,4-5,8,10H2,1-3H3,(H,18,20). The number of aromatic nitrogens is 1. The number of ether oxygens (including phenoxy) is 1. The van der Waals surface area contributed by atoms with Gasteiger partial charge in [-0.15, -0.1) is 0 Å². The highest BCUT2D eigenvalue weighted by atomic mass is 19.1. The fraction of sp³-hybridized carbons (Fsp3) is 0.600. The summed E-state index contributed by atoms with van der Waals surface area (Å²) in [6.07, 6.45) is 2.87. The average molecular weight is 295 g/mol. The van der Waals surface area contributed by atoms with Gasteiger partial charge in [0.05, 0.1) is 0 Å². The summed E-state index contributed by atoms with van der Waals surface area (Å²) in [4.78, 5) is 17.4. The lowest BCUT2D eigenvalue weighted by atomic mass is 10.1. The zero-order valence-corrected chi connectivity index (χ0v) is 12.7. The number of nitrogens with one attached hydrogen (secondary N) is 1. The van der Waals surface area contributed by atoms with Gasteiger partial charge in [-0.2, -0.15) is 4.39 Å². The summed E-state index contributed by atoms with van der Waals surface area (Å²) in [5.41, 5.74) is 0.283. The van der Waals surface area contributed by atoms with Crippen molar-refractivity contribution in [2.45, 2.75) is 45.3 Å². The lowest BCUT2D eigenvalue weighted by Crippen LogP contribution is -2.49. The van der Waals surface area contributed by atoms with E-state index in [1.165, 1.54) is 12.3 Å². The topological polar surface area (TPSA) is 54.5 Å². The Labute approximate surface area is 124 Å². The van der Waals surface area contributed by atoms with Gasteiger partial charge in [0, 0.05) is 37.1 Å². The third-order valence-corrected chi connectivity index (χ3v) is 3.22. The molecule has 1 aromatic heterocycles. The van der Waals surface area contributed by atoms with Crippen molar-refractivity contribution >= 4 is 11.8 Å². The summed E-state index contributed by atoms with van der Waals surface area (Å²) in [7, 11) is 0. The smallest absolute Gasteiger partial charge is 0.407 e. The molecule has 1 aliphatic heterocycles. The zero-order chi connectivity index (χ0) is 15.5. The SMILES string of the molecule is CC(C)(C)OC(=O)NC1CCCN(c2ccnc(F)c2)C1. The number of piperidine rings is 1. The van der Waals surface area contributed by atoms with Crippen molar-refractivity contribution in [2.75, 3.05) is 18.0 Å². The number of alkyl carbamates (subject to hydrolysis) is 1. The molecule has 5 nitrogen and oxygen atoms in total. The van der Waals surface area contributed by atoms with Gasteiger partial charge in [-0.1, -0.05) is 0 Å². The predicted octanol–water partition coefficient (Wildman–Crippen LogP) is 2.71. The van der Waals surface area contributed by atoms with Gasteiger partial charge in [0.1, 0.15) is 5.60 Å². The molecule has 1 amide bonds. The molecule has 0 aromatic carbocycles. The van der Waals surface area contributed by atoms with Gasteiger partial charge in [-0.05, 0) is 39.7 Å². The molecular formula is C15H22FN3O2. The van der Waals surface area contributed by atoms with Crippen LogP contribution in [0.1, 0.15) is 33.6 Å². The summed E-state index contributed by atoms with van der Waals surface area (Å²) in [5.74, 6) is -0.491. The maximum Gasteiger partial charge on any atom is 0.407 e. The van der Waals surface area contributed by atoms with E-state index >= 15 is 0 Å². The Hall–Kier alpha value is -1.85. The Morgan fingerprint density at radius 3 is 2.95 bits per heavy atom. The third-order valence-electron chi connectivity index (χ3n) is 3.22. The van der Waals surface area contributed by atoms with E-state index in [2.05, 4.69) is 15.2 Å². The molecule has 116 valence electrons. The van der Waals surface area contributed by atoms with Gasteiger partial charge in [-0.3, -0.25) is 0 Å². The Morgan fingerprint density at radius 1 is 1.52 bits per heavy atom. The highest BCUT2D eigenvalue weighted by Gasteiger charge is 2.24. The second-order valence-corrected chi connectivity index (χ2v) is 6.27. The number of hydrogen-bond donors (Lipinski definition) is 1. The van der Waals surface area contributed by atoms with Gasteiger partial charge in [0.25, 0.3) is 0 Å². The van der Waals surface area contributed by atoms with Crippen molar-refractivity contribution in [3.63, 3.8) is 0 Å². The fourth-order valence-electron chi connectivity index (χ4n) is 2.39. The van der Waals surface area contributed by atoms with Crippen molar-refractivity contribution in [2.24, 2.45) is 0 Å². The van der Waals surface area contributed by atoms with Crippen LogP contribution in [0.25, 0.3) is 0 Å². The molecule has 2 heterocycles. The molecule has 0 aliphatic carbocycles. The molecule has 21 heavy (non-hydrogen) atoms. The van der Waals surface area contributed by atoms with Crippen LogP contribution in [0.2, 0.25) is 0 Å². The minimum absolute atomic E-state index is 0.00447. The van der Waals surface area contributed by atoms with Crippen LogP contribution in [0.5, 0.6) is 0 Å². The van der Waals surface area contributed by atoms with Crippen LogP contribution >= 0.6 is 0 Å². The average Bonchev–Trinajstić information content (AvgIpc) is 2.36. The van der Waals surface area contributed by atoms with Crippen LogP contribution in [0.3, 0.4) is 0 Å². The first kappa shape index (κ1) is 15.5. The zero-order valence-electron chi connectivity index (χ0n) is 12.7. The fourth-order valence-corrected chi connectivity index (χ4v) is 2.39. The summed E-state index contributed by atoms with van der Waals surface area (Å²) < 4.78 is 18.4. The van der Waals surface area contributed by atoms with Crippen molar-refractivity contribution in [1.82, 2.24) is 10.3 Å². The van der Waals surface area contributed by atoms with E-state index in [0.717, 1.165) is 25.1 Å².